The number of nitrogens with zero attached hydrogens (tertiary/aromatic N) is 1. The van der Waals surface area contributed by atoms with Gasteiger partial charge in [0.1, 0.15) is 0 Å². The number of rotatable bonds is 11. The van der Waals surface area contributed by atoms with Gasteiger partial charge in [0.2, 0.25) is 5.91 Å². The second-order valence-corrected chi connectivity index (χ2v) is 6.05. The van der Waals surface area contributed by atoms with Gasteiger partial charge in [0, 0.05) is 5.69 Å². The molecule has 1 N–H and O–H groups in total. The summed E-state index contributed by atoms with van der Waals surface area (Å²) in [6.45, 7) is 9.01. The van der Waals surface area contributed by atoms with Gasteiger partial charge in [-0.2, -0.15) is 0 Å². The summed E-state index contributed by atoms with van der Waals surface area (Å²) in [6.07, 6.45) is 7.28. The standard InChI is InChI=1S/C19H32N2O.ClH/c1-4-6-10-14-21(15-11-7-5-2)16-19(22)20-18-13-9-8-12-17(18)3;/h8-9,12-13H,4-7,10-11,14-16H2,1-3H3,(H,20,22);1H. The predicted molar refractivity (Wildman–Crippen MR) is 103 cm³/mol. The molecular formula is C19H33ClN2O. The molecule has 1 amide bonds. The first-order valence-corrected chi connectivity index (χ1v) is 8.75. The molecule has 23 heavy (non-hydrogen) atoms. The lowest BCUT2D eigenvalue weighted by atomic mass is 10.2. The van der Waals surface area contributed by atoms with Crippen molar-refractivity contribution < 1.29 is 4.79 Å². The van der Waals surface area contributed by atoms with Crippen molar-refractivity contribution in [3.8, 4) is 0 Å². The Morgan fingerprint density at radius 1 is 1.00 bits per heavy atom. The molecule has 1 aromatic rings. The highest BCUT2D eigenvalue weighted by molar-refractivity contribution is 5.92. The Kier molecular flexibility index (Phi) is 12.8. The molecule has 1 aromatic carbocycles. The van der Waals surface area contributed by atoms with Crippen LogP contribution in [-0.4, -0.2) is 30.4 Å². The van der Waals surface area contributed by atoms with Gasteiger partial charge in [-0.25, -0.2) is 0 Å². The molecule has 132 valence electrons. The van der Waals surface area contributed by atoms with E-state index in [9.17, 15) is 4.79 Å². The Bertz CT molecular complexity index is 427. The number of anilines is 1. The van der Waals surface area contributed by atoms with E-state index in [2.05, 4.69) is 24.1 Å². The molecule has 0 aromatic heterocycles. The van der Waals surface area contributed by atoms with Crippen molar-refractivity contribution in [1.29, 1.82) is 0 Å². The first kappa shape index (κ1) is 21.9. The zero-order valence-corrected chi connectivity index (χ0v) is 15.8. The molecule has 0 heterocycles. The van der Waals surface area contributed by atoms with Crippen LogP contribution in [0.3, 0.4) is 0 Å². The number of benzene rings is 1. The smallest absolute Gasteiger partial charge is 0.238 e. The quantitative estimate of drug-likeness (QED) is 0.572. The topological polar surface area (TPSA) is 32.3 Å². The maximum absolute atomic E-state index is 12.3. The maximum Gasteiger partial charge on any atom is 0.238 e. The number of hydrogen-bond acceptors (Lipinski definition) is 2. The molecule has 0 aliphatic heterocycles. The SMILES string of the molecule is CCCCCN(CCCCC)CC(=O)Nc1ccccc1C.Cl. The van der Waals surface area contributed by atoms with Crippen molar-refractivity contribution in [3.63, 3.8) is 0 Å². The Balaban J connectivity index is 0.00000484. The van der Waals surface area contributed by atoms with E-state index in [1.54, 1.807) is 0 Å². The van der Waals surface area contributed by atoms with Crippen LogP contribution >= 0.6 is 12.4 Å². The van der Waals surface area contributed by atoms with Crippen LogP contribution in [0, 0.1) is 6.92 Å². The molecule has 0 aliphatic rings. The summed E-state index contributed by atoms with van der Waals surface area (Å²) < 4.78 is 0. The predicted octanol–water partition coefficient (Wildman–Crippen LogP) is 5.04. The average molecular weight is 341 g/mol. The van der Waals surface area contributed by atoms with Gasteiger partial charge in [0.05, 0.1) is 6.54 Å². The minimum Gasteiger partial charge on any atom is -0.325 e. The molecule has 0 unspecified atom stereocenters. The number of amides is 1. The van der Waals surface area contributed by atoms with E-state index in [1.807, 2.05) is 31.2 Å². The van der Waals surface area contributed by atoms with Crippen molar-refractivity contribution in [1.82, 2.24) is 4.90 Å². The van der Waals surface area contributed by atoms with Gasteiger partial charge in [0.25, 0.3) is 0 Å². The fraction of sp³-hybridized carbons (Fsp3) is 0.632. The zero-order chi connectivity index (χ0) is 16.2. The van der Waals surface area contributed by atoms with Crippen molar-refractivity contribution in [2.45, 2.75) is 59.3 Å². The minimum atomic E-state index is 0. The van der Waals surface area contributed by atoms with E-state index in [0.29, 0.717) is 6.54 Å². The van der Waals surface area contributed by atoms with Crippen LogP contribution in [0.15, 0.2) is 24.3 Å². The van der Waals surface area contributed by atoms with E-state index in [1.165, 1.54) is 38.5 Å². The molecule has 0 spiro atoms. The number of carbonyl (C=O) groups excluding carboxylic acids is 1. The lowest BCUT2D eigenvalue weighted by molar-refractivity contribution is -0.117. The molecular weight excluding hydrogens is 308 g/mol. The summed E-state index contributed by atoms with van der Waals surface area (Å²) in [4.78, 5) is 14.6. The van der Waals surface area contributed by atoms with E-state index < -0.39 is 0 Å². The molecule has 3 nitrogen and oxygen atoms in total. The van der Waals surface area contributed by atoms with E-state index in [0.717, 1.165) is 24.3 Å². The lowest BCUT2D eigenvalue weighted by Gasteiger charge is -2.22. The van der Waals surface area contributed by atoms with E-state index >= 15 is 0 Å². The van der Waals surface area contributed by atoms with E-state index in [4.69, 9.17) is 0 Å². The molecule has 0 bridgehead atoms. The molecule has 0 radical (unpaired) electrons. The van der Waals surface area contributed by atoms with Gasteiger partial charge in [0.15, 0.2) is 0 Å². The molecule has 0 fully saturated rings. The third kappa shape index (κ3) is 9.62. The highest BCUT2D eigenvalue weighted by Crippen LogP contribution is 2.13. The van der Waals surface area contributed by atoms with Crippen molar-refractivity contribution in [3.05, 3.63) is 29.8 Å². The maximum atomic E-state index is 12.3. The first-order chi connectivity index (χ1) is 10.7. The highest BCUT2D eigenvalue weighted by atomic mass is 35.5. The van der Waals surface area contributed by atoms with Gasteiger partial charge >= 0.3 is 0 Å². The number of unbranched alkanes of at least 4 members (excludes halogenated alkanes) is 4. The number of hydrogen-bond donors (Lipinski definition) is 1. The van der Waals surface area contributed by atoms with Crippen LogP contribution < -0.4 is 5.32 Å². The monoisotopic (exact) mass is 340 g/mol. The molecule has 0 saturated heterocycles. The summed E-state index contributed by atoms with van der Waals surface area (Å²) in [5, 5.41) is 3.04. The Hall–Kier alpha value is -1.06. The van der Waals surface area contributed by atoms with Crippen molar-refractivity contribution in [2.24, 2.45) is 0 Å². The summed E-state index contributed by atoms with van der Waals surface area (Å²) in [5.74, 6) is 0.0993. The fourth-order valence-corrected chi connectivity index (χ4v) is 2.55. The second kappa shape index (κ2) is 13.4. The van der Waals surface area contributed by atoms with Crippen molar-refractivity contribution >= 4 is 24.0 Å². The third-order valence-corrected chi connectivity index (χ3v) is 3.94. The van der Waals surface area contributed by atoms with Gasteiger partial charge in [-0.15, -0.1) is 12.4 Å². The van der Waals surface area contributed by atoms with Crippen molar-refractivity contribution in [2.75, 3.05) is 25.0 Å². The molecule has 4 heteroatoms. The van der Waals surface area contributed by atoms with Crippen LogP contribution in [0.2, 0.25) is 0 Å². The van der Waals surface area contributed by atoms with Crippen LogP contribution in [0.25, 0.3) is 0 Å². The third-order valence-electron chi connectivity index (χ3n) is 3.94. The second-order valence-electron chi connectivity index (χ2n) is 6.05. The number of para-hydroxylation sites is 1. The van der Waals surface area contributed by atoms with Gasteiger partial charge in [-0.1, -0.05) is 57.7 Å². The zero-order valence-electron chi connectivity index (χ0n) is 14.9. The number of halogens is 1. The van der Waals surface area contributed by atoms with Crippen LogP contribution in [0.4, 0.5) is 5.69 Å². The molecule has 1 rings (SSSR count). The number of nitrogens with one attached hydrogen (secondary N) is 1. The summed E-state index contributed by atoms with van der Waals surface area (Å²) in [5.41, 5.74) is 2.04. The Morgan fingerprint density at radius 3 is 2.09 bits per heavy atom. The molecule has 0 aliphatic carbocycles. The number of aryl methyl sites for hydroxylation is 1. The summed E-state index contributed by atoms with van der Waals surface area (Å²) >= 11 is 0. The van der Waals surface area contributed by atoms with Crippen LogP contribution in [0.1, 0.15) is 57.9 Å². The van der Waals surface area contributed by atoms with Gasteiger partial charge in [-0.3, -0.25) is 9.69 Å². The Labute approximate surface area is 148 Å². The van der Waals surface area contributed by atoms with Gasteiger partial charge in [-0.05, 0) is 44.5 Å². The van der Waals surface area contributed by atoms with E-state index in [-0.39, 0.29) is 18.3 Å². The summed E-state index contributed by atoms with van der Waals surface area (Å²) in [6, 6.07) is 7.94. The fourth-order valence-electron chi connectivity index (χ4n) is 2.55. The highest BCUT2D eigenvalue weighted by Gasteiger charge is 2.11. The molecule has 0 atom stereocenters. The summed E-state index contributed by atoms with van der Waals surface area (Å²) in [7, 11) is 0. The Morgan fingerprint density at radius 2 is 1.57 bits per heavy atom. The molecule has 0 saturated carbocycles. The first-order valence-electron chi connectivity index (χ1n) is 8.75. The largest absolute Gasteiger partial charge is 0.325 e. The van der Waals surface area contributed by atoms with Gasteiger partial charge < -0.3 is 5.32 Å². The minimum absolute atomic E-state index is 0. The lowest BCUT2D eigenvalue weighted by Crippen LogP contribution is -2.35. The van der Waals surface area contributed by atoms with Crippen LogP contribution in [-0.2, 0) is 4.79 Å². The average Bonchev–Trinajstić information content (AvgIpc) is 2.50. The number of carbonyl (C=O) groups is 1. The van der Waals surface area contributed by atoms with Crippen LogP contribution in [0.5, 0.6) is 0 Å². The normalized spacial score (nSPS) is 10.4.